The highest BCUT2D eigenvalue weighted by Gasteiger charge is 2.32. The van der Waals surface area contributed by atoms with Crippen LogP contribution in [0.3, 0.4) is 0 Å². The topological polar surface area (TPSA) is 52.6 Å². The molecule has 0 aromatic heterocycles. The maximum absolute atomic E-state index is 13.1. The van der Waals surface area contributed by atoms with Crippen molar-refractivity contribution in [2.75, 3.05) is 0 Å². The Kier molecular flexibility index (Phi) is 8.07. The first-order valence-corrected chi connectivity index (χ1v) is 11.3. The molecule has 3 rings (SSSR count). The number of para-hydroxylation sites is 2. The summed E-state index contributed by atoms with van der Waals surface area (Å²) >= 11 is 25.0. The number of esters is 2. The molecular weight excluding hydrogens is 494 g/mol. The highest BCUT2D eigenvalue weighted by Crippen LogP contribution is 2.42. The lowest BCUT2D eigenvalue weighted by Crippen LogP contribution is -2.20. The van der Waals surface area contributed by atoms with Crippen molar-refractivity contribution in [1.82, 2.24) is 0 Å². The van der Waals surface area contributed by atoms with Gasteiger partial charge in [0.1, 0.15) is 11.5 Å². The van der Waals surface area contributed by atoms with Gasteiger partial charge in [0.2, 0.25) is 0 Å². The lowest BCUT2D eigenvalue weighted by Gasteiger charge is -2.16. The zero-order valence-electron chi connectivity index (χ0n) is 17.2. The third kappa shape index (κ3) is 4.89. The van der Waals surface area contributed by atoms with Gasteiger partial charge in [0.05, 0.1) is 31.2 Å². The van der Waals surface area contributed by atoms with Crippen LogP contribution in [0.5, 0.6) is 11.5 Å². The van der Waals surface area contributed by atoms with E-state index in [1.54, 1.807) is 24.3 Å². The van der Waals surface area contributed by atoms with Crippen LogP contribution in [-0.2, 0) is 12.8 Å². The average molecular weight is 512 g/mol. The van der Waals surface area contributed by atoms with Crippen LogP contribution in [0.15, 0.2) is 48.5 Å². The van der Waals surface area contributed by atoms with Crippen LogP contribution >= 0.6 is 46.4 Å². The number of benzene rings is 3. The highest BCUT2D eigenvalue weighted by molar-refractivity contribution is 6.54. The van der Waals surface area contributed by atoms with Gasteiger partial charge in [0.15, 0.2) is 0 Å². The molecule has 0 bridgehead atoms. The smallest absolute Gasteiger partial charge is 0.346 e. The molecule has 3 aromatic rings. The fraction of sp³-hybridized carbons (Fsp3) is 0.167. The second kappa shape index (κ2) is 10.6. The molecule has 0 saturated carbocycles. The first-order valence-electron chi connectivity index (χ1n) is 9.76. The Hall–Kier alpha value is -2.24. The van der Waals surface area contributed by atoms with Gasteiger partial charge in [0.25, 0.3) is 0 Å². The molecule has 0 fully saturated rings. The molecule has 8 heteroatoms. The molecule has 166 valence electrons. The Balaban J connectivity index is 2.10. The molecule has 0 aliphatic carbocycles. The van der Waals surface area contributed by atoms with Gasteiger partial charge in [-0.15, -0.1) is 0 Å². The molecule has 0 N–H and O–H groups in total. The van der Waals surface area contributed by atoms with Crippen molar-refractivity contribution >= 4 is 58.3 Å². The zero-order chi connectivity index (χ0) is 23.4. The van der Waals surface area contributed by atoms with Crippen molar-refractivity contribution in [1.29, 1.82) is 0 Å². The standard InChI is InChI=1S/C24H18Cl4O4/c1-3-13-9-5-7-11-15(13)31-23(29)17-18(20(26)22(28)21(27)19(17)25)24(30)32-16-12-8-6-10-14(16)4-2/h5-12H,3-4H2,1-2H3. The molecular formula is C24H18Cl4O4. The summed E-state index contributed by atoms with van der Waals surface area (Å²) in [7, 11) is 0. The first-order chi connectivity index (χ1) is 15.3. The van der Waals surface area contributed by atoms with Crippen LogP contribution in [-0.4, -0.2) is 11.9 Å². The van der Waals surface area contributed by atoms with Crippen molar-refractivity contribution in [3.8, 4) is 11.5 Å². The number of ether oxygens (including phenoxy) is 2. The molecule has 0 radical (unpaired) electrons. The SMILES string of the molecule is CCc1ccccc1OC(=O)c1c(Cl)c(Cl)c(Cl)c(Cl)c1C(=O)Oc1ccccc1CC. The fourth-order valence-corrected chi connectivity index (χ4v) is 4.11. The summed E-state index contributed by atoms with van der Waals surface area (Å²) in [4.78, 5) is 26.3. The summed E-state index contributed by atoms with van der Waals surface area (Å²) in [5, 5.41) is -0.842. The lowest BCUT2D eigenvalue weighted by atomic mass is 10.1. The summed E-state index contributed by atoms with van der Waals surface area (Å²) in [5.41, 5.74) is 0.945. The van der Waals surface area contributed by atoms with Crippen LogP contribution in [0.25, 0.3) is 0 Å². The van der Waals surface area contributed by atoms with E-state index in [1.807, 2.05) is 38.1 Å². The van der Waals surface area contributed by atoms with Gasteiger partial charge in [-0.25, -0.2) is 9.59 Å². The Bertz CT molecular complexity index is 1100. The maximum Gasteiger partial charge on any atom is 0.346 e. The molecule has 0 aliphatic heterocycles. The van der Waals surface area contributed by atoms with Gasteiger partial charge in [-0.2, -0.15) is 0 Å². The average Bonchev–Trinajstić information content (AvgIpc) is 2.80. The number of aryl methyl sites for hydroxylation is 2. The number of carbonyl (C=O) groups is 2. The quantitative estimate of drug-likeness (QED) is 0.146. The van der Waals surface area contributed by atoms with Gasteiger partial charge in [-0.05, 0) is 36.1 Å². The number of hydrogen-bond acceptors (Lipinski definition) is 4. The predicted molar refractivity (Wildman–Crippen MR) is 128 cm³/mol. The van der Waals surface area contributed by atoms with Crippen molar-refractivity contribution in [3.63, 3.8) is 0 Å². The van der Waals surface area contributed by atoms with Crippen molar-refractivity contribution in [2.24, 2.45) is 0 Å². The van der Waals surface area contributed by atoms with E-state index in [0.29, 0.717) is 24.3 Å². The number of rotatable bonds is 6. The van der Waals surface area contributed by atoms with Gasteiger partial charge in [-0.1, -0.05) is 96.6 Å². The minimum Gasteiger partial charge on any atom is -0.423 e. The molecule has 0 saturated heterocycles. The first kappa shape index (κ1) is 24.4. The number of hydrogen-bond donors (Lipinski definition) is 0. The molecule has 4 nitrogen and oxygen atoms in total. The number of halogens is 4. The van der Waals surface area contributed by atoms with Crippen LogP contribution < -0.4 is 9.47 Å². The van der Waals surface area contributed by atoms with Crippen LogP contribution in [0.4, 0.5) is 0 Å². The fourth-order valence-electron chi connectivity index (χ4n) is 3.11. The second-order valence-electron chi connectivity index (χ2n) is 6.71. The summed E-state index contributed by atoms with van der Waals surface area (Å²) in [6.07, 6.45) is 1.25. The van der Waals surface area contributed by atoms with E-state index in [4.69, 9.17) is 55.9 Å². The van der Waals surface area contributed by atoms with E-state index < -0.39 is 11.9 Å². The molecule has 0 amide bonds. The van der Waals surface area contributed by atoms with E-state index in [0.717, 1.165) is 11.1 Å². The molecule has 3 aromatic carbocycles. The molecule has 0 heterocycles. The third-order valence-electron chi connectivity index (χ3n) is 4.79. The molecule has 0 spiro atoms. The van der Waals surface area contributed by atoms with Gasteiger partial charge < -0.3 is 9.47 Å². The summed E-state index contributed by atoms with van der Waals surface area (Å²) in [5.74, 6) is -1.16. The third-order valence-corrected chi connectivity index (χ3v) is 6.59. The molecule has 0 unspecified atom stereocenters. The van der Waals surface area contributed by atoms with Crippen molar-refractivity contribution in [3.05, 3.63) is 90.9 Å². The van der Waals surface area contributed by atoms with Crippen LogP contribution in [0.1, 0.15) is 45.7 Å². The van der Waals surface area contributed by atoms with Crippen LogP contribution in [0.2, 0.25) is 20.1 Å². The van der Waals surface area contributed by atoms with Gasteiger partial charge >= 0.3 is 11.9 Å². The molecule has 0 aliphatic rings. The summed E-state index contributed by atoms with van der Waals surface area (Å²) < 4.78 is 11.1. The minimum atomic E-state index is -0.910. The predicted octanol–water partition coefficient (Wildman–Crippen LogP) is 7.86. The largest absolute Gasteiger partial charge is 0.423 e. The normalized spacial score (nSPS) is 10.7. The molecule has 0 atom stereocenters. The van der Waals surface area contributed by atoms with E-state index in [2.05, 4.69) is 0 Å². The Morgan fingerprint density at radius 1 is 0.625 bits per heavy atom. The van der Waals surface area contributed by atoms with E-state index in [1.165, 1.54) is 0 Å². The van der Waals surface area contributed by atoms with Crippen LogP contribution in [0, 0.1) is 0 Å². The van der Waals surface area contributed by atoms with Crippen molar-refractivity contribution < 1.29 is 19.1 Å². The Labute approximate surface area is 205 Å². The lowest BCUT2D eigenvalue weighted by molar-refractivity contribution is 0.0690. The summed E-state index contributed by atoms with van der Waals surface area (Å²) in [6, 6.07) is 14.0. The minimum absolute atomic E-state index is 0.167. The Morgan fingerprint density at radius 3 is 1.31 bits per heavy atom. The zero-order valence-corrected chi connectivity index (χ0v) is 20.2. The maximum atomic E-state index is 13.1. The molecule has 32 heavy (non-hydrogen) atoms. The van der Waals surface area contributed by atoms with E-state index in [9.17, 15) is 9.59 Å². The second-order valence-corrected chi connectivity index (χ2v) is 8.22. The van der Waals surface area contributed by atoms with Crippen molar-refractivity contribution in [2.45, 2.75) is 26.7 Å². The highest BCUT2D eigenvalue weighted by atomic mass is 35.5. The van der Waals surface area contributed by atoms with Gasteiger partial charge in [0, 0.05) is 0 Å². The van der Waals surface area contributed by atoms with Gasteiger partial charge in [-0.3, -0.25) is 0 Å². The van der Waals surface area contributed by atoms with E-state index in [-0.39, 0.29) is 31.2 Å². The monoisotopic (exact) mass is 510 g/mol. The van der Waals surface area contributed by atoms with E-state index >= 15 is 0 Å². The Morgan fingerprint density at radius 2 is 0.969 bits per heavy atom. The summed E-state index contributed by atoms with van der Waals surface area (Å²) in [6.45, 7) is 3.84. The number of carbonyl (C=O) groups excluding carboxylic acids is 2.